The molecular weight excluding hydrogens is 210 g/mol. The van der Waals surface area contributed by atoms with Crippen molar-refractivity contribution in [2.24, 2.45) is 22.5 Å². The van der Waals surface area contributed by atoms with Gasteiger partial charge in [-0.25, -0.2) is 0 Å². The number of methoxy groups -OCH3 is 1. The Balaban J connectivity index is 3.42. The van der Waals surface area contributed by atoms with E-state index in [-0.39, 0.29) is 10.8 Å². The fourth-order valence-corrected chi connectivity index (χ4v) is 3.38. The van der Waals surface area contributed by atoms with E-state index in [2.05, 4.69) is 41.2 Å². The molecule has 1 aliphatic rings. The van der Waals surface area contributed by atoms with E-state index in [1.54, 1.807) is 7.11 Å². The lowest BCUT2D eigenvalue weighted by Gasteiger charge is -2.51. The van der Waals surface area contributed by atoms with Crippen molar-refractivity contribution in [3.63, 3.8) is 0 Å². The molecule has 2 N–H and O–H groups in total. The SMILES string of the molecule is C=C1C(C)(N)C=C(OC)C(C(C)(C)C)C1(C)C. The summed E-state index contributed by atoms with van der Waals surface area (Å²) in [7, 11) is 1.73. The molecule has 2 unspecified atom stereocenters. The maximum Gasteiger partial charge on any atom is 0.0981 e. The second kappa shape index (κ2) is 3.88. The molecule has 98 valence electrons. The van der Waals surface area contributed by atoms with Crippen LogP contribution < -0.4 is 5.73 Å². The van der Waals surface area contributed by atoms with Gasteiger partial charge in [-0.2, -0.15) is 0 Å². The minimum Gasteiger partial charge on any atom is -0.501 e. The first kappa shape index (κ1) is 14.3. The Bertz CT molecular complexity index is 356. The molecule has 0 aromatic heterocycles. The first-order valence-electron chi connectivity index (χ1n) is 6.20. The molecule has 0 aromatic rings. The molecule has 0 bridgehead atoms. The molecule has 0 saturated heterocycles. The van der Waals surface area contributed by atoms with E-state index >= 15 is 0 Å². The second-order valence-electron chi connectivity index (χ2n) is 7.03. The van der Waals surface area contributed by atoms with Crippen molar-refractivity contribution in [2.45, 2.75) is 47.1 Å². The zero-order chi connectivity index (χ0) is 13.6. The molecule has 2 nitrogen and oxygen atoms in total. The summed E-state index contributed by atoms with van der Waals surface area (Å²) in [6, 6.07) is 0. The minimum atomic E-state index is -0.489. The molecule has 17 heavy (non-hydrogen) atoms. The average molecular weight is 237 g/mol. The zero-order valence-corrected chi connectivity index (χ0v) is 12.3. The van der Waals surface area contributed by atoms with Crippen LogP contribution in [0.3, 0.4) is 0 Å². The minimum absolute atomic E-state index is 0.0676. The van der Waals surface area contributed by atoms with Gasteiger partial charge in [-0.1, -0.05) is 41.2 Å². The van der Waals surface area contributed by atoms with Crippen LogP contribution in [0.4, 0.5) is 0 Å². The summed E-state index contributed by atoms with van der Waals surface area (Å²) >= 11 is 0. The van der Waals surface area contributed by atoms with Crippen molar-refractivity contribution in [3.8, 4) is 0 Å². The molecule has 0 aromatic carbocycles. The third kappa shape index (κ3) is 2.28. The fraction of sp³-hybridized carbons (Fsp3) is 0.733. The molecule has 2 heteroatoms. The van der Waals surface area contributed by atoms with Crippen molar-refractivity contribution in [2.75, 3.05) is 7.11 Å². The van der Waals surface area contributed by atoms with Crippen LogP contribution >= 0.6 is 0 Å². The molecule has 0 amide bonds. The molecule has 0 spiro atoms. The van der Waals surface area contributed by atoms with Gasteiger partial charge < -0.3 is 10.5 Å². The molecule has 0 fully saturated rings. The Kier molecular flexibility index (Phi) is 3.26. The van der Waals surface area contributed by atoms with E-state index in [0.29, 0.717) is 5.92 Å². The molecule has 0 aliphatic heterocycles. The Labute approximate surface area is 106 Å². The van der Waals surface area contributed by atoms with Crippen LogP contribution in [-0.2, 0) is 4.74 Å². The van der Waals surface area contributed by atoms with Crippen LogP contribution in [0.2, 0.25) is 0 Å². The maximum absolute atomic E-state index is 6.31. The number of hydrogen-bond donors (Lipinski definition) is 1. The molecule has 1 aliphatic carbocycles. The highest BCUT2D eigenvalue weighted by Gasteiger charge is 2.50. The Morgan fingerprint density at radius 1 is 1.29 bits per heavy atom. The van der Waals surface area contributed by atoms with Crippen LogP contribution in [0.5, 0.6) is 0 Å². The Morgan fingerprint density at radius 2 is 1.76 bits per heavy atom. The summed E-state index contributed by atoms with van der Waals surface area (Å²) in [5.74, 6) is 1.28. The van der Waals surface area contributed by atoms with Crippen molar-refractivity contribution in [3.05, 3.63) is 24.0 Å². The van der Waals surface area contributed by atoms with Gasteiger partial charge >= 0.3 is 0 Å². The van der Waals surface area contributed by atoms with E-state index in [9.17, 15) is 0 Å². The number of rotatable bonds is 1. The van der Waals surface area contributed by atoms with Gasteiger partial charge in [-0.15, -0.1) is 0 Å². The summed E-state index contributed by atoms with van der Waals surface area (Å²) in [6.45, 7) is 17.3. The summed E-state index contributed by atoms with van der Waals surface area (Å²) in [6.07, 6.45) is 2.02. The summed E-state index contributed by atoms with van der Waals surface area (Å²) in [5, 5.41) is 0. The molecular formula is C15H27NO. The van der Waals surface area contributed by atoms with E-state index in [1.807, 2.05) is 13.0 Å². The predicted molar refractivity (Wildman–Crippen MR) is 73.6 cm³/mol. The van der Waals surface area contributed by atoms with Gasteiger partial charge in [0.1, 0.15) is 0 Å². The first-order chi connectivity index (χ1) is 7.44. The predicted octanol–water partition coefficient (Wildman–Crippen LogP) is 3.49. The lowest BCUT2D eigenvalue weighted by Crippen LogP contribution is -2.51. The van der Waals surface area contributed by atoms with Crippen molar-refractivity contribution in [1.29, 1.82) is 0 Å². The molecule has 0 saturated carbocycles. The van der Waals surface area contributed by atoms with Gasteiger partial charge in [0.15, 0.2) is 0 Å². The highest BCUT2D eigenvalue weighted by atomic mass is 16.5. The van der Waals surface area contributed by atoms with Gasteiger partial charge in [0.05, 0.1) is 18.4 Å². The average Bonchev–Trinajstić information content (AvgIpc) is 2.10. The maximum atomic E-state index is 6.31. The normalized spacial score (nSPS) is 33.3. The Morgan fingerprint density at radius 3 is 2.12 bits per heavy atom. The van der Waals surface area contributed by atoms with E-state index in [1.165, 1.54) is 0 Å². The highest BCUT2D eigenvalue weighted by molar-refractivity contribution is 5.38. The smallest absolute Gasteiger partial charge is 0.0981 e. The summed E-state index contributed by atoms with van der Waals surface area (Å²) in [4.78, 5) is 0. The van der Waals surface area contributed by atoms with Gasteiger partial charge in [0.25, 0.3) is 0 Å². The third-order valence-electron chi connectivity index (χ3n) is 3.98. The molecule has 2 atom stereocenters. The van der Waals surface area contributed by atoms with E-state index < -0.39 is 5.54 Å². The number of allylic oxidation sites excluding steroid dienone is 1. The van der Waals surface area contributed by atoms with Crippen LogP contribution in [0.25, 0.3) is 0 Å². The van der Waals surface area contributed by atoms with E-state index in [0.717, 1.165) is 11.3 Å². The first-order valence-corrected chi connectivity index (χ1v) is 6.20. The van der Waals surface area contributed by atoms with Crippen LogP contribution in [0, 0.1) is 16.7 Å². The Hall–Kier alpha value is -0.760. The number of ether oxygens (including phenoxy) is 1. The van der Waals surface area contributed by atoms with Gasteiger partial charge in [-0.3, -0.25) is 0 Å². The van der Waals surface area contributed by atoms with Gasteiger partial charge in [-0.05, 0) is 29.4 Å². The molecule has 0 heterocycles. The van der Waals surface area contributed by atoms with Crippen molar-refractivity contribution >= 4 is 0 Å². The summed E-state index contributed by atoms with van der Waals surface area (Å²) in [5.41, 5.74) is 6.95. The number of nitrogens with two attached hydrogens (primary N) is 1. The lowest BCUT2D eigenvalue weighted by molar-refractivity contribution is 0.0669. The second-order valence-corrected chi connectivity index (χ2v) is 7.03. The lowest BCUT2D eigenvalue weighted by atomic mass is 9.56. The molecule has 0 radical (unpaired) electrons. The highest BCUT2D eigenvalue weighted by Crippen LogP contribution is 2.54. The fourth-order valence-electron chi connectivity index (χ4n) is 3.38. The quantitative estimate of drug-likeness (QED) is 0.708. The van der Waals surface area contributed by atoms with Gasteiger partial charge in [0, 0.05) is 5.92 Å². The largest absolute Gasteiger partial charge is 0.501 e. The summed E-state index contributed by atoms with van der Waals surface area (Å²) < 4.78 is 5.59. The monoisotopic (exact) mass is 237 g/mol. The van der Waals surface area contributed by atoms with Gasteiger partial charge in [0.2, 0.25) is 0 Å². The van der Waals surface area contributed by atoms with E-state index in [4.69, 9.17) is 10.5 Å². The van der Waals surface area contributed by atoms with Crippen molar-refractivity contribution < 1.29 is 4.74 Å². The number of hydrogen-bond acceptors (Lipinski definition) is 2. The third-order valence-corrected chi connectivity index (χ3v) is 3.98. The topological polar surface area (TPSA) is 35.2 Å². The zero-order valence-electron chi connectivity index (χ0n) is 12.3. The van der Waals surface area contributed by atoms with Crippen LogP contribution in [0.1, 0.15) is 41.5 Å². The van der Waals surface area contributed by atoms with Crippen LogP contribution in [-0.4, -0.2) is 12.6 Å². The molecule has 1 rings (SSSR count). The van der Waals surface area contributed by atoms with Crippen LogP contribution in [0.15, 0.2) is 24.0 Å². The standard InChI is InChI=1S/C15H27NO/c1-10-14(5,6)12(13(2,3)4)11(17-8)9-15(10,7)16/h9,12H,1,16H2,2-8H3. The van der Waals surface area contributed by atoms with Crippen molar-refractivity contribution in [1.82, 2.24) is 0 Å².